The molecule has 1 aliphatic carbocycles. The first-order valence-corrected chi connectivity index (χ1v) is 5.56. The normalized spacial score (nSPS) is 14.1. The van der Waals surface area contributed by atoms with E-state index in [1.165, 1.54) is 0 Å². The van der Waals surface area contributed by atoms with Gasteiger partial charge in [0.2, 0.25) is 11.8 Å². The molecule has 0 amide bonds. The van der Waals surface area contributed by atoms with E-state index in [4.69, 9.17) is 15.7 Å². The van der Waals surface area contributed by atoms with Gasteiger partial charge in [-0.2, -0.15) is 15.2 Å². The first-order valence-electron chi connectivity index (χ1n) is 5.56. The van der Waals surface area contributed by atoms with Crippen molar-refractivity contribution in [1.82, 2.24) is 9.97 Å². The van der Waals surface area contributed by atoms with Crippen LogP contribution < -0.4 is 15.4 Å². The van der Waals surface area contributed by atoms with Crippen LogP contribution in [0.5, 0.6) is 5.88 Å². The average molecular weight is 233 g/mol. The largest absolute Gasteiger partial charge is 0.481 e. The predicted molar refractivity (Wildman–Crippen MR) is 63.6 cm³/mol. The molecule has 1 aromatic rings. The summed E-state index contributed by atoms with van der Waals surface area (Å²) < 4.78 is 5.07. The molecule has 1 aromatic heterocycles. The SMILES string of the molecule is COc1cc(N(CCC#N)C2CC2)nc(N)n1. The van der Waals surface area contributed by atoms with Crippen molar-refractivity contribution in [2.24, 2.45) is 0 Å². The van der Waals surface area contributed by atoms with E-state index in [0.29, 0.717) is 24.9 Å². The Morgan fingerprint density at radius 1 is 1.59 bits per heavy atom. The maximum absolute atomic E-state index is 8.66. The number of ether oxygens (including phenoxy) is 1. The molecule has 2 rings (SSSR count). The molecule has 17 heavy (non-hydrogen) atoms. The van der Waals surface area contributed by atoms with Crippen LogP contribution in [0.3, 0.4) is 0 Å². The third kappa shape index (κ3) is 2.75. The van der Waals surface area contributed by atoms with Crippen molar-refractivity contribution < 1.29 is 4.74 Å². The molecule has 0 radical (unpaired) electrons. The second-order valence-corrected chi connectivity index (χ2v) is 3.96. The molecule has 0 bridgehead atoms. The van der Waals surface area contributed by atoms with E-state index in [1.807, 2.05) is 0 Å². The molecule has 1 aliphatic rings. The van der Waals surface area contributed by atoms with E-state index in [1.54, 1.807) is 13.2 Å². The second-order valence-electron chi connectivity index (χ2n) is 3.96. The Hall–Kier alpha value is -2.03. The minimum absolute atomic E-state index is 0.196. The lowest BCUT2D eigenvalue weighted by molar-refractivity contribution is 0.397. The summed E-state index contributed by atoms with van der Waals surface area (Å²) in [5.41, 5.74) is 5.63. The van der Waals surface area contributed by atoms with E-state index in [-0.39, 0.29) is 5.95 Å². The minimum atomic E-state index is 0.196. The van der Waals surface area contributed by atoms with Gasteiger partial charge in [-0.25, -0.2) is 0 Å². The van der Waals surface area contributed by atoms with Crippen LogP contribution in [-0.4, -0.2) is 29.7 Å². The number of hydrogen-bond donors (Lipinski definition) is 1. The first kappa shape index (κ1) is 11.5. The lowest BCUT2D eigenvalue weighted by atomic mass is 10.3. The Labute approximate surface area is 100 Å². The summed E-state index contributed by atoms with van der Waals surface area (Å²) in [5.74, 6) is 1.39. The smallest absolute Gasteiger partial charge is 0.225 e. The summed E-state index contributed by atoms with van der Waals surface area (Å²) in [7, 11) is 1.54. The highest BCUT2D eigenvalue weighted by Crippen LogP contribution is 2.32. The fourth-order valence-corrected chi connectivity index (χ4v) is 1.72. The number of methoxy groups -OCH3 is 1. The zero-order chi connectivity index (χ0) is 12.3. The van der Waals surface area contributed by atoms with Gasteiger partial charge in [0.1, 0.15) is 5.82 Å². The molecule has 1 heterocycles. The molecule has 0 aliphatic heterocycles. The van der Waals surface area contributed by atoms with Crippen LogP contribution in [0.25, 0.3) is 0 Å². The van der Waals surface area contributed by atoms with Crippen molar-refractivity contribution in [2.45, 2.75) is 25.3 Å². The molecule has 1 saturated carbocycles. The summed E-state index contributed by atoms with van der Waals surface area (Å²) in [6.45, 7) is 0.667. The summed E-state index contributed by atoms with van der Waals surface area (Å²) in [4.78, 5) is 10.2. The van der Waals surface area contributed by atoms with E-state index in [9.17, 15) is 0 Å². The topological polar surface area (TPSA) is 88.1 Å². The van der Waals surface area contributed by atoms with Crippen molar-refractivity contribution in [3.05, 3.63) is 6.07 Å². The summed E-state index contributed by atoms with van der Waals surface area (Å²) in [5, 5.41) is 8.66. The van der Waals surface area contributed by atoms with Crippen LogP contribution in [0.15, 0.2) is 6.07 Å². The molecular formula is C11H15N5O. The Bertz CT molecular complexity index is 438. The Morgan fingerprint density at radius 3 is 2.94 bits per heavy atom. The van der Waals surface area contributed by atoms with Crippen molar-refractivity contribution in [3.63, 3.8) is 0 Å². The number of anilines is 2. The van der Waals surface area contributed by atoms with Crippen molar-refractivity contribution in [1.29, 1.82) is 5.26 Å². The molecular weight excluding hydrogens is 218 g/mol. The van der Waals surface area contributed by atoms with Crippen molar-refractivity contribution in [2.75, 3.05) is 24.3 Å². The number of nitrogens with two attached hydrogens (primary N) is 1. The lowest BCUT2D eigenvalue weighted by Crippen LogP contribution is -2.28. The van der Waals surface area contributed by atoms with Gasteiger partial charge in [-0.05, 0) is 12.8 Å². The van der Waals surface area contributed by atoms with Crippen molar-refractivity contribution in [3.8, 4) is 11.9 Å². The molecule has 0 aromatic carbocycles. The van der Waals surface area contributed by atoms with Crippen LogP contribution in [0.2, 0.25) is 0 Å². The zero-order valence-corrected chi connectivity index (χ0v) is 9.76. The van der Waals surface area contributed by atoms with E-state index in [2.05, 4.69) is 20.9 Å². The second kappa shape index (κ2) is 4.87. The van der Waals surface area contributed by atoms with E-state index < -0.39 is 0 Å². The fraction of sp³-hybridized carbons (Fsp3) is 0.545. The van der Waals surface area contributed by atoms with Crippen LogP contribution in [0.4, 0.5) is 11.8 Å². The highest BCUT2D eigenvalue weighted by molar-refractivity contribution is 5.47. The number of hydrogen-bond acceptors (Lipinski definition) is 6. The third-order valence-electron chi connectivity index (χ3n) is 2.66. The fourth-order valence-electron chi connectivity index (χ4n) is 1.72. The van der Waals surface area contributed by atoms with Gasteiger partial charge in [0, 0.05) is 18.7 Å². The number of aromatic nitrogens is 2. The average Bonchev–Trinajstić information content (AvgIpc) is 3.13. The lowest BCUT2D eigenvalue weighted by Gasteiger charge is -2.22. The van der Waals surface area contributed by atoms with Gasteiger partial charge in [0.25, 0.3) is 0 Å². The number of rotatable bonds is 5. The Kier molecular flexibility index (Phi) is 3.28. The summed E-state index contributed by atoms with van der Waals surface area (Å²) >= 11 is 0. The molecule has 6 heteroatoms. The quantitative estimate of drug-likeness (QED) is 0.814. The van der Waals surface area contributed by atoms with Gasteiger partial charge in [0.05, 0.1) is 19.6 Å². The van der Waals surface area contributed by atoms with Crippen LogP contribution >= 0.6 is 0 Å². The Balaban J connectivity index is 2.22. The number of nitriles is 1. The van der Waals surface area contributed by atoms with Gasteiger partial charge in [0.15, 0.2) is 0 Å². The zero-order valence-electron chi connectivity index (χ0n) is 9.76. The molecule has 0 unspecified atom stereocenters. The standard InChI is InChI=1S/C11H15N5O/c1-17-10-7-9(14-11(13)15-10)16(6-2-5-12)8-3-4-8/h7-8H,2-4,6H2,1H3,(H2,13,14,15). The van der Waals surface area contributed by atoms with E-state index in [0.717, 1.165) is 18.7 Å². The van der Waals surface area contributed by atoms with Crippen LogP contribution in [0.1, 0.15) is 19.3 Å². The summed E-state index contributed by atoms with van der Waals surface area (Å²) in [6, 6.07) is 4.38. The van der Waals surface area contributed by atoms with E-state index >= 15 is 0 Å². The highest BCUT2D eigenvalue weighted by atomic mass is 16.5. The highest BCUT2D eigenvalue weighted by Gasteiger charge is 2.30. The molecule has 0 saturated heterocycles. The predicted octanol–water partition coefficient (Wildman–Crippen LogP) is 0.950. The molecule has 0 spiro atoms. The Morgan fingerprint density at radius 2 is 2.35 bits per heavy atom. The van der Waals surface area contributed by atoms with Gasteiger partial charge >= 0.3 is 0 Å². The molecule has 2 N–H and O–H groups in total. The monoisotopic (exact) mass is 233 g/mol. The van der Waals surface area contributed by atoms with Gasteiger partial charge in [-0.15, -0.1) is 0 Å². The minimum Gasteiger partial charge on any atom is -0.481 e. The van der Waals surface area contributed by atoms with Crippen molar-refractivity contribution >= 4 is 11.8 Å². The van der Waals surface area contributed by atoms with Crippen LogP contribution in [-0.2, 0) is 0 Å². The number of nitrogen functional groups attached to an aromatic ring is 1. The van der Waals surface area contributed by atoms with Gasteiger partial charge in [-0.1, -0.05) is 0 Å². The first-order chi connectivity index (χ1) is 8.24. The third-order valence-corrected chi connectivity index (χ3v) is 2.66. The maximum Gasteiger partial charge on any atom is 0.225 e. The van der Waals surface area contributed by atoms with Crippen LogP contribution in [0, 0.1) is 11.3 Å². The summed E-state index contributed by atoms with van der Waals surface area (Å²) in [6.07, 6.45) is 2.75. The molecule has 1 fully saturated rings. The van der Waals surface area contributed by atoms with Gasteiger partial charge < -0.3 is 15.4 Å². The van der Waals surface area contributed by atoms with Gasteiger partial charge in [-0.3, -0.25) is 0 Å². The molecule has 90 valence electrons. The maximum atomic E-state index is 8.66. The molecule has 6 nitrogen and oxygen atoms in total. The molecule has 0 atom stereocenters. The number of nitrogens with zero attached hydrogens (tertiary/aromatic N) is 4.